The van der Waals surface area contributed by atoms with Crippen LogP contribution >= 0.6 is 41.5 Å². The van der Waals surface area contributed by atoms with Crippen molar-refractivity contribution in [1.29, 1.82) is 0 Å². The van der Waals surface area contributed by atoms with E-state index in [-0.39, 0.29) is 21.1 Å². The standard InChI is InChI=1S/C9H3Cl3NO3PS/c1-3-14-17(18,15-4-2)16-9-7(11)5-6(10)8(12)13-9/h1-2,5H. The van der Waals surface area contributed by atoms with E-state index >= 15 is 0 Å². The van der Waals surface area contributed by atoms with Crippen molar-refractivity contribution in [2.24, 2.45) is 0 Å². The number of aromatic nitrogens is 1. The first kappa shape index (κ1) is 15.2. The lowest BCUT2D eigenvalue weighted by Crippen LogP contribution is -1.99. The summed E-state index contributed by atoms with van der Waals surface area (Å²) in [5.41, 5.74) is 0. The summed E-state index contributed by atoms with van der Waals surface area (Å²) in [6.45, 7) is -3.39. The highest BCUT2D eigenvalue weighted by Crippen LogP contribution is 2.50. The molecule has 0 aliphatic carbocycles. The smallest absolute Gasteiger partial charge is 0.386 e. The molecule has 0 bridgehead atoms. The lowest BCUT2D eigenvalue weighted by molar-refractivity contribution is 0.347. The van der Waals surface area contributed by atoms with Crippen LogP contribution < -0.4 is 4.52 Å². The molecule has 94 valence electrons. The lowest BCUT2D eigenvalue weighted by atomic mass is 10.5. The van der Waals surface area contributed by atoms with Gasteiger partial charge < -0.3 is 13.6 Å². The third kappa shape index (κ3) is 3.85. The molecule has 0 unspecified atom stereocenters. The summed E-state index contributed by atoms with van der Waals surface area (Å²) >= 11 is 22.1. The molecule has 4 nitrogen and oxygen atoms in total. The molecule has 0 N–H and O–H groups in total. The first-order chi connectivity index (χ1) is 8.41. The van der Waals surface area contributed by atoms with Crippen LogP contribution in [0.2, 0.25) is 15.2 Å². The van der Waals surface area contributed by atoms with Gasteiger partial charge in [-0.1, -0.05) is 47.6 Å². The molecule has 0 amide bonds. The highest BCUT2D eigenvalue weighted by Gasteiger charge is 2.26. The van der Waals surface area contributed by atoms with Crippen LogP contribution in [-0.2, 0) is 20.9 Å². The molecule has 18 heavy (non-hydrogen) atoms. The summed E-state index contributed by atoms with van der Waals surface area (Å²) in [5.74, 6) is -0.139. The Bertz CT molecular complexity index is 576. The summed E-state index contributed by atoms with van der Waals surface area (Å²) < 4.78 is 14.5. The first-order valence-electron chi connectivity index (χ1n) is 4.01. The SMILES string of the molecule is C#COP(=S)(OC#C)Oc1nc(Cl)c(Cl)cc1Cl. The molecule has 0 aliphatic rings. The van der Waals surface area contributed by atoms with Crippen molar-refractivity contribution >= 4 is 53.3 Å². The number of pyridine rings is 1. The molecule has 0 aromatic carbocycles. The Hall–Kier alpha value is -0.810. The Morgan fingerprint density at radius 2 is 1.72 bits per heavy atom. The molecule has 0 spiro atoms. The van der Waals surface area contributed by atoms with E-state index in [4.69, 9.17) is 73.0 Å². The minimum Gasteiger partial charge on any atom is -0.386 e. The number of terminal acetylenes is 2. The molecular formula is C9H3Cl3NO3PS. The number of nitrogens with zero attached hydrogens (tertiary/aromatic N) is 1. The monoisotopic (exact) mass is 341 g/mol. The van der Waals surface area contributed by atoms with Gasteiger partial charge in [-0.15, -0.1) is 0 Å². The largest absolute Gasteiger partial charge is 0.508 e. The predicted molar refractivity (Wildman–Crippen MR) is 74.0 cm³/mol. The molecule has 1 aromatic heterocycles. The highest BCUT2D eigenvalue weighted by atomic mass is 35.5. The average Bonchev–Trinajstić information content (AvgIpc) is 2.26. The topological polar surface area (TPSA) is 40.6 Å². The van der Waals surface area contributed by atoms with Crippen molar-refractivity contribution in [3.63, 3.8) is 0 Å². The fourth-order valence-electron chi connectivity index (χ4n) is 0.783. The van der Waals surface area contributed by atoms with Crippen molar-refractivity contribution < 1.29 is 13.6 Å². The van der Waals surface area contributed by atoms with Gasteiger partial charge in [-0.05, 0) is 6.07 Å². The van der Waals surface area contributed by atoms with Crippen LogP contribution in [0.4, 0.5) is 0 Å². The van der Waals surface area contributed by atoms with Crippen LogP contribution in [0.5, 0.6) is 5.88 Å². The third-order valence-corrected chi connectivity index (χ3v) is 4.05. The van der Waals surface area contributed by atoms with Crippen molar-refractivity contribution in [1.82, 2.24) is 4.98 Å². The number of halogens is 3. The molecule has 0 saturated carbocycles. The van der Waals surface area contributed by atoms with Crippen LogP contribution in [-0.4, -0.2) is 4.98 Å². The maximum Gasteiger partial charge on any atom is 0.508 e. The van der Waals surface area contributed by atoms with E-state index in [9.17, 15) is 0 Å². The second-order valence-corrected chi connectivity index (χ2v) is 6.46. The normalized spacial score (nSPS) is 10.1. The quantitative estimate of drug-likeness (QED) is 0.472. The van der Waals surface area contributed by atoms with Crippen LogP contribution in [0.3, 0.4) is 0 Å². The van der Waals surface area contributed by atoms with Crippen LogP contribution in [0.25, 0.3) is 0 Å². The fraction of sp³-hybridized carbons (Fsp3) is 0. The average molecular weight is 343 g/mol. The minimum atomic E-state index is -3.39. The maximum absolute atomic E-state index is 5.83. The summed E-state index contributed by atoms with van der Waals surface area (Å²) in [6, 6.07) is 1.32. The minimum absolute atomic E-state index is 0.0287. The van der Waals surface area contributed by atoms with Gasteiger partial charge in [0.25, 0.3) is 0 Å². The molecule has 0 atom stereocenters. The van der Waals surface area contributed by atoms with Gasteiger partial charge in [0.1, 0.15) is 17.2 Å². The van der Waals surface area contributed by atoms with E-state index in [1.165, 1.54) is 6.07 Å². The lowest BCUT2D eigenvalue weighted by Gasteiger charge is -2.16. The Morgan fingerprint density at radius 1 is 1.17 bits per heavy atom. The van der Waals surface area contributed by atoms with Gasteiger partial charge in [0, 0.05) is 11.8 Å². The predicted octanol–water partition coefficient (Wildman–Crippen LogP) is 3.86. The van der Waals surface area contributed by atoms with E-state index in [1.54, 1.807) is 0 Å². The molecule has 0 saturated heterocycles. The van der Waals surface area contributed by atoms with Crippen molar-refractivity contribution in [3.05, 3.63) is 21.3 Å². The van der Waals surface area contributed by atoms with Crippen LogP contribution in [0.1, 0.15) is 0 Å². The van der Waals surface area contributed by atoms with Gasteiger partial charge in [0.15, 0.2) is 5.15 Å². The fourth-order valence-corrected chi connectivity index (χ4v) is 2.56. The summed E-state index contributed by atoms with van der Waals surface area (Å²) in [6.07, 6.45) is 13.6. The van der Waals surface area contributed by atoms with E-state index in [2.05, 4.69) is 4.98 Å². The Labute approximate surface area is 124 Å². The summed E-state index contributed by atoms with van der Waals surface area (Å²) in [4.78, 5) is 3.77. The first-order valence-corrected chi connectivity index (χ1v) is 7.70. The molecule has 1 rings (SSSR count). The van der Waals surface area contributed by atoms with Gasteiger partial charge in [-0.25, -0.2) is 0 Å². The molecular weight excluding hydrogens is 340 g/mol. The zero-order chi connectivity index (χ0) is 13.8. The van der Waals surface area contributed by atoms with Crippen molar-refractivity contribution in [3.8, 4) is 30.9 Å². The van der Waals surface area contributed by atoms with Gasteiger partial charge >= 0.3 is 6.72 Å². The zero-order valence-electron chi connectivity index (χ0n) is 8.39. The Morgan fingerprint density at radius 3 is 2.22 bits per heavy atom. The van der Waals surface area contributed by atoms with Crippen molar-refractivity contribution in [2.75, 3.05) is 0 Å². The number of hydrogen-bond acceptors (Lipinski definition) is 5. The van der Waals surface area contributed by atoms with E-state index in [1.807, 2.05) is 12.2 Å². The molecule has 1 aromatic rings. The van der Waals surface area contributed by atoms with Gasteiger partial charge in [-0.2, -0.15) is 4.98 Å². The number of rotatable bonds is 4. The Kier molecular flexibility index (Phi) is 5.41. The molecule has 1 heterocycles. The highest BCUT2D eigenvalue weighted by molar-refractivity contribution is 8.07. The van der Waals surface area contributed by atoms with Crippen molar-refractivity contribution in [2.45, 2.75) is 0 Å². The summed E-state index contributed by atoms with van der Waals surface area (Å²) in [5, 5.41) is 0.178. The maximum atomic E-state index is 5.83. The Balaban J connectivity index is 3.10. The van der Waals surface area contributed by atoms with E-state index < -0.39 is 6.72 Å². The van der Waals surface area contributed by atoms with Gasteiger partial charge in [-0.3, -0.25) is 0 Å². The zero-order valence-corrected chi connectivity index (χ0v) is 12.4. The third-order valence-electron chi connectivity index (χ3n) is 1.38. The van der Waals surface area contributed by atoms with E-state index in [0.29, 0.717) is 0 Å². The second kappa shape index (κ2) is 6.38. The summed E-state index contributed by atoms with van der Waals surface area (Å²) in [7, 11) is 0. The van der Waals surface area contributed by atoms with Crippen LogP contribution in [0.15, 0.2) is 6.07 Å². The molecule has 0 fully saturated rings. The molecule has 0 aliphatic heterocycles. The van der Waals surface area contributed by atoms with Gasteiger partial charge in [0.05, 0.1) is 5.02 Å². The van der Waals surface area contributed by atoms with Gasteiger partial charge in [0.2, 0.25) is 5.88 Å². The molecule has 9 heteroatoms. The number of hydrogen-bond donors (Lipinski definition) is 0. The molecule has 0 radical (unpaired) electrons. The van der Waals surface area contributed by atoms with Crippen LogP contribution in [0, 0.1) is 25.1 Å². The second-order valence-electron chi connectivity index (χ2n) is 2.50. The van der Waals surface area contributed by atoms with E-state index in [0.717, 1.165) is 0 Å².